The monoisotopic (exact) mass is 278 g/mol. The number of benzene rings is 1. The zero-order valence-electron chi connectivity index (χ0n) is 12.5. The number of nitrogens with zero attached hydrogens (tertiary/aromatic N) is 2. The van der Waals surface area contributed by atoms with Crippen LogP contribution >= 0.6 is 11.6 Å². The maximum absolute atomic E-state index is 6.31. The van der Waals surface area contributed by atoms with Gasteiger partial charge in [-0.3, -0.25) is 0 Å². The van der Waals surface area contributed by atoms with Gasteiger partial charge >= 0.3 is 0 Å². The molecule has 104 valence electrons. The summed E-state index contributed by atoms with van der Waals surface area (Å²) in [6.07, 6.45) is 1.13. The first-order chi connectivity index (χ1) is 8.84. The van der Waals surface area contributed by atoms with Crippen LogP contribution < -0.4 is 0 Å². The quantitative estimate of drug-likeness (QED) is 0.713. The van der Waals surface area contributed by atoms with E-state index in [1.165, 1.54) is 11.1 Å². The standard InChI is InChI=1S/C16H23ClN2/c1-6-16(4,5)10-19-14-9-11(2)7-8-13(14)18-15(19)12(3)17/h7-9,12H,6,10H2,1-5H3. The topological polar surface area (TPSA) is 17.8 Å². The van der Waals surface area contributed by atoms with Crippen LogP contribution in [0.25, 0.3) is 11.0 Å². The molecule has 0 spiro atoms. The number of hydrogen-bond donors (Lipinski definition) is 0. The summed E-state index contributed by atoms with van der Waals surface area (Å²) in [4.78, 5) is 4.70. The Kier molecular flexibility index (Phi) is 3.91. The van der Waals surface area contributed by atoms with Gasteiger partial charge in [-0.05, 0) is 43.4 Å². The van der Waals surface area contributed by atoms with E-state index in [4.69, 9.17) is 16.6 Å². The van der Waals surface area contributed by atoms with Gasteiger partial charge in [0.05, 0.1) is 16.4 Å². The second-order valence-corrected chi connectivity index (χ2v) is 6.84. The lowest BCUT2D eigenvalue weighted by atomic mass is 9.90. The third-order valence-corrected chi connectivity index (χ3v) is 4.03. The van der Waals surface area contributed by atoms with Gasteiger partial charge in [-0.1, -0.05) is 26.8 Å². The maximum Gasteiger partial charge on any atom is 0.127 e. The number of aryl methyl sites for hydroxylation is 1. The molecule has 1 aromatic carbocycles. The van der Waals surface area contributed by atoms with E-state index >= 15 is 0 Å². The van der Waals surface area contributed by atoms with Gasteiger partial charge in [0.15, 0.2) is 0 Å². The number of hydrogen-bond acceptors (Lipinski definition) is 1. The van der Waals surface area contributed by atoms with Gasteiger partial charge in [0.1, 0.15) is 5.82 Å². The van der Waals surface area contributed by atoms with Gasteiger partial charge in [-0.15, -0.1) is 11.6 Å². The maximum atomic E-state index is 6.31. The van der Waals surface area contributed by atoms with Gasteiger partial charge in [0, 0.05) is 6.54 Å². The first kappa shape index (κ1) is 14.4. The van der Waals surface area contributed by atoms with Crippen LogP contribution in [0.2, 0.25) is 0 Å². The second-order valence-electron chi connectivity index (χ2n) is 6.18. The zero-order chi connectivity index (χ0) is 14.2. The number of fused-ring (bicyclic) bond motifs is 1. The fraction of sp³-hybridized carbons (Fsp3) is 0.562. The Bertz CT molecular complexity index is 582. The fourth-order valence-electron chi connectivity index (χ4n) is 2.26. The fourth-order valence-corrected chi connectivity index (χ4v) is 2.43. The molecule has 2 rings (SSSR count). The highest BCUT2D eigenvalue weighted by atomic mass is 35.5. The average Bonchev–Trinajstić information content (AvgIpc) is 2.67. The number of aromatic nitrogens is 2. The van der Waals surface area contributed by atoms with Crippen LogP contribution in [0.15, 0.2) is 18.2 Å². The lowest BCUT2D eigenvalue weighted by Crippen LogP contribution is -2.20. The summed E-state index contributed by atoms with van der Waals surface area (Å²) in [5.41, 5.74) is 3.75. The van der Waals surface area contributed by atoms with Gasteiger partial charge < -0.3 is 4.57 Å². The largest absolute Gasteiger partial charge is 0.326 e. The molecule has 0 saturated heterocycles. The van der Waals surface area contributed by atoms with Crippen molar-refractivity contribution in [1.29, 1.82) is 0 Å². The van der Waals surface area contributed by atoms with E-state index in [-0.39, 0.29) is 10.8 Å². The van der Waals surface area contributed by atoms with Crippen molar-refractivity contribution in [2.24, 2.45) is 5.41 Å². The summed E-state index contributed by atoms with van der Waals surface area (Å²) in [6.45, 7) is 11.9. The summed E-state index contributed by atoms with van der Waals surface area (Å²) >= 11 is 6.31. The van der Waals surface area contributed by atoms with E-state index in [2.05, 4.69) is 50.5 Å². The van der Waals surface area contributed by atoms with Crippen molar-refractivity contribution in [2.45, 2.75) is 53.0 Å². The Morgan fingerprint density at radius 3 is 2.63 bits per heavy atom. The molecule has 3 heteroatoms. The predicted molar refractivity (Wildman–Crippen MR) is 82.8 cm³/mol. The molecule has 1 unspecified atom stereocenters. The van der Waals surface area contributed by atoms with Crippen molar-refractivity contribution in [1.82, 2.24) is 9.55 Å². The Morgan fingerprint density at radius 2 is 2.05 bits per heavy atom. The molecule has 0 amide bonds. The summed E-state index contributed by atoms with van der Waals surface area (Å²) < 4.78 is 2.30. The summed E-state index contributed by atoms with van der Waals surface area (Å²) in [5, 5.41) is -0.0691. The Morgan fingerprint density at radius 1 is 1.37 bits per heavy atom. The smallest absolute Gasteiger partial charge is 0.127 e. The van der Waals surface area contributed by atoms with Gasteiger partial charge in [0.25, 0.3) is 0 Å². The molecule has 1 aromatic heterocycles. The molecule has 2 aromatic rings. The van der Waals surface area contributed by atoms with Crippen LogP contribution in [0.3, 0.4) is 0 Å². The average molecular weight is 279 g/mol. The highest BCUT2D eigenvalue weighted by molar-refractivity contribution is 6.20. The minimum absolute atomic E-state index is 0.0691. The minimum atomic E-state index is -0.0691. The van der Waals surface area contributed by atoms with Crippen LogP contribution in [0.4, 0.5) is 0 Å². The van der Waals surface area contributed by atoms with E-state index in [0.29, 0.717) is 0 Å². The van der Waals surface area contributed by atoms with Gasteiger partial charge in [-0.2, -0.15) is 0 Å². The molecule has 0 aliphatic heterocycles. The first-order valence-corrected chi connectivity index (χ1v) is 7.38. The Hall–Kier alpha value is -1.02. The van der Waals surface area contributed by atoms with Crippen molar-refractivity contribution in [3.05, 3.63) is 29.6 Å². The molecule has 0 radical (unpaired) electrons. The summed E-state index contributed by atoms with van der Waals surface area (Å²) in [6, 6.07) is 6.40. The SMILES string of the molecule is CCC(C)(C)Cn1c(C(C)Cl)nc2ccc(C)cc21. The molecular formula is C16H23ClN2. The third-order valence-electron chi connectivity index (χ3n) is 3.83. The number of imidazole rings is 1. The normalized spacial score (nSPS) is 14.0. The van der Waals surface area contributed by atoms with Gasteiger partial charge in [-0.25, -0.2) is 4.98 Å². The molecule has 0 bridgehead atoms. The zero-order valence-corrected chi connectivity index (χ0v) is 13.3. The molecule has 0 aliphatic rings. The van der Waals surface area contributed by atoms with E-state index in [1.807, 2.05) is 6.92 Å². The third kappa shape index (κ3) is 2.94. The molecule has 19 heavy (non-hydrogen) atoms. The highest BCUT2D eigenvalue weighted by Crippen LogP contribution is 2.30. The van der Waals surface area contributed by atoms with Crippen LogP contribution in [0.1, 0.15) is 50.9 Å². The van der Waals surface area contributed by atoms with Crippen molar-refractivity contribution < 1.29 is 0 Å². The van der Waals surface area contributed by atoms with Crippen LogP contribution in [0.5, 0.6) is 0 Å². The van der Waals surface area contributed by atoms with Crippen molar-refractivity contribution in [3.63, 3.8) is 0 Å². The molecule has 0 saturated carbocycles. The summed E-state index contributed by atoms with van der Waals surface area (Å²) in [5.74, 6) is 0.976. The lowest BCUT2D eigenvalue weighted by molar-refractivity contribution is 0.294. The molecule has 0 aliphatic carbocycles. The van der Waals surface area contributed by atoms with Crippen LogP contribution in [-0.2, 0) is 6.54 Å². The van der Waals surface area contributed by atoms with Crippen molar-refractivity contribution >= 4 is 22.6 Å². The lowest BCUT2D eigenvalue weighted by Gasteiger charge is -2.25. The molecule has 1 atom stereocenters. The van der Waals surface area contributed by atoms with Gasteiger partial charge in [0.2, 0.25) is 0 Å². The Labute approximate surface area is 120 Å². The van der Waals surface area contributed by atoms with Crippen LogP contribution in [0, 0.1) is 12.3 Å². The first-order valence-electron chi connectivity index (χ1n) is 6.95. The molecule has 0 N–H and O–H groups in total. The van der Waals surface area contributed by atoms with E-state index in [1.54, 1.807) is 0 Å². The summed E-state index contributed by atoms with van der Waals surface area (Å²) in [7, 11) is 0. The predicted octanol–water partition coefficient (Wildman–Crippen LogP) is 5.08. The Balaban J connectivity index is 2.60. The van der Waals surface area contributed by atoms with Crippen molar-refractivity contribution in [3.8, 4) is 0 Å². The van der Waals surface area contributed by atoms with E-state index < -0.39 is 0 Å². The second kappa shape index (κ2) is 5.16. The molecule has 1 heterocycles. The van der Waals surface area contributed by atoms with E-state index in [0.717, 1.165) is 24.3 Å². The molecule has 0 fully saturated rings. The molecule has 2 nitrogen and oxygen atoms in total. The van der Waals surface area contributed by atoms with Crippen molar-refractivity contribution in [2.75, 3.05) is 0 Å². The number of alkyl halides is 1. The highest BCUT2D eigenvalue weighted by Gasteiger charge is 2.22. The van der Waals surface area contributed by atoms with Crippen LogP contribution in [-0.4, -0.2) is 9.55 Å². The van der Waals surface area contributed by atoms with E-state index in [9.17, 15) is 0 Å². The number of halogens is 1. The number of rotatable bonds is 4. The molecular weight excluding hydrogens is 256 g/mol. The minimum Gasteiger partial charge on any atom is -0.326 e.